The number of halogens is 1. The lowest BCUT2D eigenvalue weighted by molar-refractivity contribution is 0.616. The molecule has 24 heavy (non-hydrogen) atoms. The highest BCUT2D eigenvalue weighted by Gasteiger charge is 2.03. The van der Waals surface area contributed by atoms with Crippen LogP contribution < -0.4 is 0 Å². The van der Waals surface area contributed by atoms with Gasteiger partial charge in [0.25, 0.3) is 5.95 Å². The molecule has 3 rings (SSSR count). The number of rotatable bonds is 8. The molecule has 0 aliphatic carbocycles. The minimum atomic E-state index is -0.153. The Kier molecular flexibility index (Phi) is 5.61. The molecule has 0 N–H and O–H groups in total. The number of hydrogen-bond acceptors (Lipinski definition) is 4. The molecular weight excluding hydrogens is 305 g/mol. The Morgan fingerprint density at radius 2 is 1.83 bits per heavy atom. The van der Waals surface area contributed by atoms with Crippen molar-refractivity contribution in [3.05, 3.63) is 66.0 Å². The fraction of sp³-hybridized carbons (Fsp3) is 0.333. The average molecular weight is 325 g/mol. The van der Waals surface area contributed by atoms with Crippen LogP contribution in [-0.2, 0) is 12.8 Å². The van der Waals surface area contributed by atoms with Crippen LogP contribution in [0.25, 0.3) is 5.95 Å². The summed E-state index contributed by atoms with van der Waals surface area (Å²) in [7, 11) is 0. The van der Waals surface area contributed by atoms with E-state index < -0.39 is 0 Å². The van der Waals surface area contributed by atoms with Gasteiger partial charge in [-0.05, 0) is 49.4 Å². The first kappa shape index (κ1) is 16.2. The molecule has 0 atom stereocenters. The van der Waals surface area contributed by atoms with E-state index in [1.54, 1.807) is 35.4 Å². The molecule has 2 heterocycles. The summed E-state index contributed by atoms with van der Waals surface area (Å²) in [5, 5.41) is 7.66. The van der Waals surface area contributed by atoms with Crippen LogP contribution in [0, 0.1) is 5.82 Å². The lowest BCUT2D eigenvalue weighted by Gasteiger charge is -2.04. The Labute approximate surface area is 140 Å². The quantitative estimate of drug-likeness (QED) is 0.594. The zero-order chi connectivity index (χ0) is 16.6. The molecule has 0 amide bonds. The first-order chi connectivity index (χ1) is 11.8. The van der Waals surface area contributed by atoms with Gasteiger partial charge < -0.3 is 0 Å². The third kappa shape index (κ3) is 4.68. The van der Waals surface area contributed by atoms with E-state index in [4.69, 9.17) is 0 Å². The maximum absolute atomic E-state index is 13.1. The molecule has 2 aromatic heterocycles. The second-order valence-corrected chi connectivity index (χ2v) is 5.74. The van der Waals surface area contributed by atoms with E-state index in [9.17, 15) is 4.39 Å². The molecule has 0 bridgehead atoms. The molecule has 0 radical (unpaired) electrons. The van der Waals surface area contributed by atoms with Crippen LogP contribution in [0.15, 0.2) is 48.9 Å². The topological polar surface area (TPSA) is 56.5 Å². The summed E-state index contributed by atoms with van der Waals surface area (Å²) in [4.78, 5) is 8.70. The van der Waals surface area contributed by atoms with E-state index in [0.717, 1.165) is 49.8 Å². The Hall–Kier alpha value is -2.63. The van der Waals surface area contributed by atoms with Crippen LogP contribution in [0.3, 0.4) is 0 Å². The van der Waals surface area contributed by atoms with Crippen molar-refractivity contribution in [3.63, 3.8) is 0 Å². The van der Waals surface area contributed by atoms with Crippen LogP contribution >= 0.6 is 0 Å². The van der Waals surface area contributed by atoms with Crippen LogP contribution in [0.5, 0.6) is 0 Å². The lowest BCUT2D eigenvalue weighted by atomic mass is 10.0. The molecule has 0 fully saturated rings. The van der Waals surface area contributed by atoms with E-state index in [0.29, 0.717) is 5.95 Å². The summed E-state index contributed by atoms with van der Waals surface area (Å²) in [5.74, 6) is 0.399. The SMILES string of the molecule is Fc1cccc(CCCCCCc2ccnc(-n3ccnn3)n2)c1. The summed E-state index contributed by atoms with van der Waals surface area (Å²) in [6.45, 7) is 0. The van der Waals surface area contributed by atoms with Gasteiger partial charge in [-0.1, -0.05) is 30.2 Å². The highest BCUT2D eigenvalue weighted by Crippen LogP contribution is 2.11. The molecule has 1 aromatic carbocycles. The third-order valence-electron chi connectivity index (χ3n) is 3.87. The molecule has 5 nitrogen and oxygen atoms in total. The minimum absolute atomic E-state index is 0.153. The molecule has 0 saturated carbocycles. The molecule has 0 unspecified atom stereocenters. The van der Waals surface area contributed by atoms with Gasteiger partial charge in [0.15, 0.2) is 0 Å². The highest BCUT2D eigenvalue weighted by molar-refractivity contribution is 5.16. The first-order valence-electron chi connectivity index (χ1n) is 8.24. The van der Waals surface area contributed by atoms with Crippen LogP contribution in [-0.4, -0.2) is 25.0 Å². The second-order valence-electron chi connectivity index (χ2n) is 5.74. The monoisotopic (exact) mass is 325 g/mol. The van der Waals surface area contributed by atoms with E-state index >= 15 is 0 Å². The average Bonchev–Trinajstić information content (AvgIpc) is 3.13. The molecular formula is C18H20FN5. The maximum atomic E-state index is 13.1. The van der Waals surface area contributed by atoms with Gasteiger partial charge in [0.05, 0.1) is 12.4 Å². The van der Waals surface area contributed by atoms with Gasteiger partial charge >= 0.3 is 0 Å². The molecule has 0 saturated heterocycles. The van der Waals surface area contributed by atoms with Crippen molar-refractivity contribution in [2.45, 2.75) is 38.5 Å². The van der Waals surface area contributed by atoms with Crippen molar-refractivity contribution < 1.29 is 4.39 Å². The number of benzene rings is 1. The largest absolute Gasteiger partial charge is 0.252 e. The molecule has 3 aromatic rings. The van der Waals surface area contributed by atoms with E-state index in [1.165, 1.54) is 6.07 Å². The summed E-state index contributed by atoms with van der Waals surface area (Å²) in [6, 6.07) is 8.79. The summed E-state index contributed by atoms with van der Waals surface area (Å²) >= 11 is 0. The molecule has 0 aliphatic heterocycles. The number of aromatic nitrogens is 5. The van der Waals surface area contributed by atoms with E-state index in [1.807, 2.05) is 12.1 Å². The Morgan fingerprint density at radius 3 is 2.62 bits per heavy atom. The van der Waals surface area contributed by atoms with Crippen molar-refractivity contribution in [1.29, 1.82) is 0 Å². The zero-order valence-corrected chi connectivity index (χ0v) is 13.5. The fourth-order valence-electron chi connectivity index (χ4n) is 2.63. The Bertz CT molecular complexity index is 758. The number of aryl methyl sites for hydroxylation is 2. The fourth-order valence-corrected chi connectivity index (χ4v) is 2.63. The van der Waals surface area contributed by atoms with Gasteiger partial charge in [-0.15, -0.1) is 5.10 Å². The van der Waals surface area contributed by atoms with E-state index in [-0.39, 0.29) is 5.82 Å². The second kappa shape index (κ2) is 8.29. The third-order valence-corrected chi connectivity index (χ3v) is 3.87. The van der Waals surface area contributed by atoms with Crippen molar-refractivity contribution in [1.82, 2.24) is 25.0 Å². The van der Waals surface area contributed by atoms with Gasteiger partial charge in [-0.2, -0.15) is 4.68 Å². The van der Waals surface area contributed by atoms with Crippen molar-refractivity contribution >= 4 is 0 Å². The Morgan fingerprint density at radius 1 is 0.958 bits per heavy atom. The zero-order valence-electron chi connectivity index (χ0n) is 13.5. The van der Waals surface area contributed by atoms with Gasteiger partial charge in [-0.25, -0.2) is 14.4 Å². The van der Waals surface area contributed by atoms with Gasteiger partial charge in [-0.3, -0.25) is 0 Å². The van der Waals surface area contributed by atoms with Crippen molar-refractivity contribution in [3.8, 4) is 5.95 Å². The van der Waals surface area contributed by atoms with Crippen LogP contribution in [0.4, 0.5) is 4.39 Å². The summed E-state index contributed by atoms with van der Waals surface area (Å²) in [5.41, 5.74) is 2.09. The van der Waals surface area contributed by atoms with Gasteiger partial charge in [0.2, 0.25) is 0 Å². The summed E-state index contributed by atoms with van der Waals surface area (Å²) < 4.78 is 14.7. The lowest BCUT2D eigenvalue weighted by Crippen LogP contribution is -2.04. The molecule has 124 valence electrons. The van der Waals surface area contributed by atoms with Crippen LogP contribution in [0.1, 0.15) is 36.9 Å². The number of hydrogen-bond donors (Lipinski definition) is 0. The van der Waals surface area contributed by atoms with E-state index in [2.05, 4.69) is 20.3 Å². The van der Waals surface area contributed by atoms with Gasteiger partial charge in [0, 0.05) is 11.9 Å². The standard InChI is InChI=1S/C18H20FN5/c19-16-8-5-7-15(14-16)6-3-1-2-4-9-17-10-11-20-18(22-17)24-13-12-21-23-24/h5,7-8,10-14H,1-4,6,9H2. The number of nitrogens with zero attached hydrogens (tertiary/aromatic N) is 5. The molecule has 0 aliphatic rings. The smallest absolute Gasteiger partial charge is 0.220 e. The molecule has 6 heteroatoms. The first-order valence-corrected chi connectivity index (χ1v) is 8.24. The predicted molar refractivity (Wildman–Crippen MR) is 89.2 cm³/mol. The summed E-state index contributed by atoms with van der Waals surface area (Å²) in [6.07, 6.45) is 11.4. The normalized spacial score (nSPS) is 10.9. The molecule has 0 spiro atoms. The van der Waals surface area contributed by atoms with Crippen molar-refractivity contribution in [2.24, 2.45) is 0 Å². The predicted octanol–water partition coefficient (Wildman–Crippen LogP) is 3.54. The number of unbranched alkanes of at least 4 members (excludes halogenated alkanes) is 3. The van der Waals surface area contributed by atoms with Crippen molar-refractivity contribution in [2.75, 3.05) is 0 Å². The highest BCUT2D eigenvalue weighted by atomic mass is 19.1. The van der Waals surface area contributed by atoms with Crippen LogP contribution in [0.2, 0.25) is 0 Å². The maximum Gasteiger partial charge on any atom is 0.252 e. The minimum Gasteiger partial charge on any atom is -0.220 e. The Balaban J connectivity index is 1.38. The van der Waals surface area contributed by atoms with Gasteiger partial charge in [0.1, 0.15) is 5.82 Å².